The van der Waals surface area contributed by atoms with Gasteiger partial charge in [0, 0.05) is 11.6 Å². The van der Waals surface area contributed by atoms with Gasteiger partial charge in [-0.3, -0.25) is 4.79 Å². The topological polar surface area (TPSA) is 41.1 Å². The molecule has 1 aromatic rings. The Morgan fingerprint density at radius 1 is 1.16 bits per heavy atom. The van der Waals surface area contributed by atoms with Gasteiger partial charge in [0.25, 0.3) is 5.91 Å². The quantitative estimate of drug-likeness (QED) is 0.874. The summed E-state index contributed by atoms with van der Waals surface area (Å²) in [6.07, 6.45) is 4.62. The second kappa shape index (κ2) is 5.33. The summed E-state index contributed by atoms with van der Waals surface area (Å²) < 4.78 is 0. The van der Waals surface area contributed by atoms with E-state index in [9.17, 15) is 4.79 Å². The second-order valence-corrected chi connectivity index (χ2v) is 5.90. The van der Waals surface area contributed by atoms with E-state index in [1.165, 1.54) is 24.0 Å². The zero-order valence-electron chi connectivity index (χ0n) is 11.5. The van der Waals surface area contributed by atoms with Crippen molar-refractivity contribution < 1.29 is 4.79 Å². The summed E-state index contributed by atoms with van der Waals surface area (Å²) in [6.45, 7) is 4.25. The van der Waals surface area contributed by atoms with Gasteiger partial charge < -0.3 is 10.6 Å². The molecule has 0 atom stereocenters. The van der Waals surface area contributed by atoms with Gasteiger partial charge in [0.05, 0.1) is 0 Å². The maximum Gasteiger partial charge on any atom is 0.251 e. The van der Waals surface area contributed by atoms with E-state index in [0.717, 1.165) is 31.5 Å². The zero-order chi connectivity index (χ0) is 13.2. The van der Waals surface area contributed by atoms with Crippen molar-refractivity contribution in [2.75, 3.05) is 13.1 Å². The van der Waals surface area contributed by atoms with Crippen LogP contribution in [0.15, 0.2) is 18.2 Å². The molecule has 102 valence electrons. The number of aryl methyl sites for hydroxylation is 1. The first-order valence-corrected chi connectivity index (χ1v) is 7.35. The van der Waals surface area contributed by atoms with E-state index < -0.39 is 0 Å². The average molecular weight is 258 g/mol. The number of benzene rings is 1. The minimum absolute atomic E-state index is 0.0985. The zero-order valence-corrected chi connectivity index (χ0v) is 11.5. The smallest absolute Gasteiger partial charge is 0.251 e. The third kappa shape index (κ3) is 3.16. The summed E-state index contributed by atoms with van der Waals surface area (Å²) in [5.74, 6) is 0.704. The second-order valence-electron chi connectivity index (χ2n) is 5.90. The first-order chi connectivity index (χ1) is 9.22. The number of amides is 1. The van der Waals surface area contributed by atoms with Crippen molar-refractivity contribution >= 4 is 5.91 Å². The molecule has 1 saturated carbocycles. The lowest BCUT2D eigenvalue weighted by Crippen LogP contribution is -2.27. The van der Waals surface area contributed by atoms with E-state index >= 15 is 0 Å². The summed E-state index contributed by atoms with van der Waals surface area (Å²) in [6, 6.07) is 6.77. The molecule has 1 saturated heterocycles. The van der Waals surface area contributed by atoms with Crippen LogP contribution in [0.3, 0.4) is 0 Å². The van der Waals surface area contributed by atoms with Gasteiger partial charge in [-0.1, -0.05) is 11.6 Å². The summed E-state index contributed by atoms with van der Waals surface area (Å²) in [7, 11) is 0. The van der Waals surface area contributed by atoms with Gasteiger partial charge in [0.1, 0.15) is 0 Å². The van der Waals surface area contributed by atoms with Crippen molar-refractivity contribution in [2.45, 2.75) is 44.6 Å². The van der Waals surface area contributed by atoms with Crippen molar-refractivity contribution in [3.63, 3.8) is 0 Å². The van der Waals surface area contributed by atoms with Crippen LogP contribution in [0.25, 0.3) is 0 Å². The van der Waals surface area contributed by atoms with Crippen LogP contribution in [0.5, 0.6) is 0 Å². The lowest BCUT2D eigenvalue weighted by molar-refractivity contribution is 0.0951. The molecule has 2 fully saturated rings. The SMILES string of the molecule is Cc1cc(C(=O)NC2CC2)cc(C2CCNCC2)c1. The van der Waals surface area contributed by atoms with Crippen LogP contribution in [-0.2, 0) is 0 Å². The summed E-state index contributed by atoms with van der Waals surface area (Å²) in [5.41, 5.74) is 3.36. The normalized spacial score (nSPS) is 20.3. The standard InChI is InChI=1S/C16H22N2O/c1-11-8-13(12-4-6-17-7-5-12)10-14(9-11)16(19)18-15-2-3-15/h8-10,12,15,17H,2-7H2,1H3,(H,18,19). The Labute approximate surface area is 114 Å². The predicted molar refractivity (Wildman–Crippen MR) is 76.5 cm³/mol. The lowest BCUT2D eigenvalue weighted by Gasteiger charge is -2.23. The number of nitrogens with one attached hydrogen (secondary N) is 2. The third-order valence-electron chi connectivity index (χ3n) is 4.08. The van der Waals surface area contributed by atoms with E-state index in [1.807, 2.05) is 6.07 Å². The molecular weight excluding hydrogens is 236 g/mol. The molecule has 0 bridgehead atoms. The molecule has 1 aliphatic carbocycles. The first kappa shape index (κ1) is 12.7. The van der Waals surface area contributed by atoms with Crippen LogP contribution < -0.4 is 10.6 Å². The van der Waals surface area contributed by atoms with Crippen molar-refractivity contribution in [1.29, 1.82) is 0 Å². The van der Waals surface area contributed by atoms with Crippen LogP contribution in [0.1, 0.15) is 53.1 Å². The van der Waals surface area contributed by atoms with Gasteiger partial charge in [0.15, 0.2) is 0 Å². The first-order valence-electron chi connectivity index (χ1n) is 7.35. The number of carbonyl (C=O) groups excluding carboxylic acids is 1. The summed E-state index contributed by atoms with van der Waals surface area (Å²) in [5, 5.41) is 6.47. The average Bonchev–Trinajstić information content (AvgIpc) is 3.23. The number of piperidine rings is 1. The Morgan fingerprint density at radius 2 is 1.89 bits per heavy atom. The monoisotopic (exact) mass is 258 g/mol. The molecule has 3 rings (SSSR count). The molecule has 2 N–H and O–H groups in total. The van der Waals surface area contributed by atoms with Crippen molar-refractivity contribution in [3.8, 4) is 0 Å². The van der Waals surface area contributed by atoms with E-state index in [-0.39, 0.29) is 5.91 Å². The fourth-order valence-corrected chi connectivity index (χ4v) is 2.83. The van der Waals surface area contributed by atoms with Crippen LogP contribution in [-0.4, -0.2) is 25.0 Å². The number of hydrogen-bond acceptors (Lipinski definition) is 2. The van der Waals surface area contributed by atoms with Crippen LogP contribution in [0.2, 0.25) is 0 Å². The van der Waals surface area contributed by atoms with Crippen molar-refractivity contribution in [3.05, 3.63) is 34.9 Å². The van der Waals surface area contributed by atoms with Gasteiger partial charge in [-0.15, -0.1) is 0 Å². The molecule has 0 unspecified atom stereocenters. The van der Waals surface area contributed by atoms with E-state index in [0.29, 0.717) is 12.0 Å². The number of carbonyl (C=O) groups is 1. The number of hydrogen-bond donors (Lipinski definition) is 2. The molecule has 0 radical (unpaired) electrons. The minimum Gasteiger partial charge on any atom is -0.349 e. The molecule has 2 aliphatic rings. The predicted octanol–water partition coefficient (Wildman–Crippen LogP) is 2.35. The third-order valence-corrected chi connectivity index (χ3v) is 4.08. The van der Waals surface area contributed by atoms with Gasteiger partial charge in [-0.2, -0.15) is 0 Å². The largest absolute Gasteiger partial charge is 0.349 e. The maximum absolute atomic E-state index is 12.2. The number of rotatable bonds is 3. The summed E-state index contributed by atoms with van der Waals surface area (Å²) >= 11 is 0. The fraction of sp³-hybridized carbons (Fsp3) is 0.562. The Kier molecular flexibility index (Phi) is 3.56. The minimum atomic E-state index is 0.0985. The molecule has 3 nitrogen and oxygen atoms in total. The fourth-order valence-electron chi connectivity index (χ4n) is 2.83. The highest BCUT2D eigenvalue weighted by atomic mass is 16.1. The highest BCUT2D eigenvalue weighted by molar-refractivity contribution is 5.95. The van der Waals surface area contributed by atoms with E-state index in [1.54, 1.807) is 0 Å². The lowest BCUT2D eigenvalue weighted by atomic mass is 9.88. The van der Waals surface area contributed by atoms with Gasteiger partial charge in [-0.25, -0.2) is 0 Å². The van der Waals surface area contributed by atoms with E-state index in [4.69, 9.17) is 0 Å². The molecule has 3 heteroatoms. The van der Waals surface area contributed by atoms with Crippen LogP contribution in [0, 0.1) is 6.92 Å². The molecule has 0 spiro atoms. The maximum atomic E-state index is 12.2. The summed E-state index contributed by atoms with van der Waals surface area (Å²) in [4.78, 5) is 12.2. The van der Waals surface area contributed by atoms with Gasteiger partial charge in [-0.05, 0) is 69.3 Å². The van der Waals surface area contributed by atoms with Gasteiger partial charge in [0.2, 0.25) is 0 Å². The molecule has 1 aromatic carbocycles. The van der Waals surface area contributed by atoms with Crippen LogP contribution >= 0.6 is 0 Å². The molecule has 1 aliphatic heterocycles. The Balaban J connectivity index is 1.79. The molecule has 1 amide bonds. The van der Waals surface area contributed by atoms with Crippen molar-refractivity contribution in [1.82, 2.24) is 10.6 Å². The molecule has 1 heterocycles. The van der Waals surface area contributed by atoms with Gasteiger partial charge >= 0.3 is 0 Å². The molecular formula is C16H22N2O. The Morgan fingerprint density at radius 3 is 2.58 bits per heavy atom. The molecule has 19 heavy (non-hydrogen) atoms. The Hall–Kier alpha value is -1.35. The highest BCUT2D eigenvalue weighted by Crippen LogP contribution is 2.27. The van der Waals surface area contributed by atoms with Crippen LogP contribution in [0.4, 0.5) is 0 Å². The molecule has 0 aromatic heterocycles. The highest BCUT2D eigenvalue weighted by Gasteiger charge is 2.24. The Bertz CT molecular complexity index is 474. The van der Waals surface area contributed by atoms with Crippen molar-refractivity contribution in [2.24, 2.45) is 0 Å². The van der Waals surface area contributed by atoms with E-state index in [2.05, 4.69) is 29.7 Å².